The second-order valence-corrected chi connectivity index (χ2v) is 14.3. The maximum Gasteiger partial charge on any atom is 0.472 e. The van der Waals surface area contributed by atoms with Gasteiger partial charge in [0.15, 0.2) is 6.10 Å². The van der Waals surface area contributed by atoms with Gasteiger partial charge in [-0.1, -0.05) is 157 Å². The first-order valence-corrected chi connectivity index (χ1v) is 21.5. The molecular formula is C42H72NO8P. The number of allylic oxidation sites excluding steroid dienone is 12. The normalized spacial score (nSPS) is 14.2. The molecule has 0 bridgehead atoms. The number of unbranched alkanes of at least 4 members (excludes halogenated alkanes) is 15. The minimum Gasteiger partial charge on any atom is -0.462 e. The number of hydrogen-bond acceptors (Lipinski definition) is 8. The highest BCUT2D eigenvalue weighted by Gasteiger charge is 2.25. The minimum atomic E-state index is -4.40. The van der Waals surface area contributed by atoms with Crippen molar-refractivity contribution < 1.29 is 37.6 Å². The molecule has 0 spiro atoms. The maximum absolute atomic E-state index is 12.5. The Balaban J connectivity index is 4.29. The van der Waals surface area contributed by atoms with Gasteiger partial charge in [0.1, 0.15) is 6.61 Å². The van der Waals surface area contributed by atoms with Gasteiger partial charge in [-0.2, -0.15) is 0 Å². The predicted molar refractivity (Wildman–Crippen MR) is 215 cm³/mol. The Morgan fingerprint density at radius 1 is 0.596 bits per heavy atom. The molecule has 3 N–H and O–H groups in total. The molecule has 52 heavy (non-hydrogen) atoms. The third-order valence-corrected chi connectivity index (χ3v) is 8.94. The Morgan fingerprint density at radius 3 is 1.67 bits per heavy atom. The first-order valence-electron chi connectivity index (χ1n) is 20.0. The Hall–Kier alpha value is -2.55. The smallest absolute Gasteiger partial charge is 0.462 e. The molecule has 2 atom stereocenters. The molecule has 0 saturated carbocycles. The highest BCUT2D eigenvalue weighted by Crippen LogP contribution is 2.43. The average Bonchev–Trinajstić information content (AvgIpc) is 3.13. The third kappa shape index (κ3) is 37.2. The van der Waals surface area contributed by atoms with Crippen molar-refractivity contribution in [3.63, 3.8) is 0 Å². The Morgan fingerprint density at radius 2 is 1.10 bits per heavy atom. The summed E-state index contributed by atoms with van der Waals surface area (Å²) in [5.41, 5.74) is 5.33. The van der Waals surface area contributed by atoms with E-state index in [0.717, 1.165) is 38.5 Å². The Kier molecular flexibility index (Phi) is 36.3. The van der Waals surface area contributed by atoms with Crippen molar-refractivity contribution in [2.24, 2.45) is 5.73 Å². The largest absolute Gasteiger partial charge is 0.472 e. The van der Waals surface area contributed by atoms with Gasteiger partial charge in [0.25, 0.3) is 0 Å². The highest BCUT2D eigenvalue weighted by molar-refractivity contribution is 7.47. The van der Waals surface area contributed by atoms with Crippen molar-refractivity contribution in [2.45, 2.75) is 155 Å². The molecule has 0 heterocycles. The molecule has 0 radical (unpaired) electrons. The van der Waals surface area contributed by atoms with Crippen LogP contribution in [0.5, 0.6) is 0 Å². The summed E-state index contributed by atoms with van der Waals surface area (Å²) in [6.07, 6.45) is 45.2. The van der Waals surface area contributed by atoms with E-state index in [1.54, 1.807) is 0 Å². The summed E-state index contributed by atoms with van der Waals surface area (Å²) in [6.45, 7) is 3.47. The van der Waals surface area contributed by atoms with Gasteiger partial charge in [-0.05, 0) is 51.4 Å². The molecule has 0 aliphatic rings. The lowest BCUT2D eigenvalue weighted by atomic mass is 10.1. The monoisotopic (exact) mass is 749 g/mol. The summed E-state index contributed by atoms with van der Waals surface area (Å²) in [7, 11) is -4.40. The zero-order valence-electron chi connectivity index (χ0n) is 32.5. The van der Waals surface area contributed by atoms with Crippen LogP contribution in [0.3, 0.4) is 0 Å². The molecule has 0 aromatic carbocycles. The molecule has 0 amide bonds. The molecule has 0 rings (SSSR count). The molecule has 298 valence electrons. The fourth-order valence-corrected chi connectivity index (χ4v) is 5.78. The number of esters is 2. The minimum absolute atomic E-state index is 0.0373. The van der Waals surface area contributed by atoms with Crippen LogP contribution in [-0.4, -0.2) is 49.3 Å². The molecule has 0 saturated heterocycles. The van der Waals surface area contributed by atoms with Crippen molar-refractivity contribution in [2.75, 3.05) is 26.4 Å². The summed E-state index contributed by atoms with van der Waals surface area (Å²) in [5, 5.41) is 0. The molecule has 2 unspecified atom stereocenters. The van der Waals surface area contributed by atoms with Crippen molar-refractivity contribution in [1.82, 2.24) is 0 Å². The van der Waals surface area contributed by atoms with Crippen LogP contribution in [0.4, 0.5) is 0 Å². The van der Waals surface area contributed by atoms with E-state index >= 15 is 0 Å². The highest BCUT2D eigenvalue weighted by atomic mass is 31.2. The van der Waals surface area contributed by atoms with Gasteiger partial charge >= 0.3 is 19.8 Å². The predicted octanol–water partition coefficient (Wildman–Crippen LogP) is 11.1. The maximum atomic E-state index is 12.5. The van der Waals surface area contributed by atoms with E-state index in [9.17, 15) is 19.0 Å². The van der Waals surface area contributed by atoms with E-state index in [4.69, 9.17) is 24.3 Å². The van der Waals surface area contributed by atoms with E-state index < -0.39 is 32.5 Å². The number of phosphoric ester groups is 1. The fraction of sp³-hybridized carbons (Fsp3) is 0.667. The number of nitrogens with two attached hydrogens (primary N) is 1. The Bertz CT molecular complexity index is 1080. The standard InChI is InChI=1S/C42H72NO8P/c1-3-5-7-9-11-13-15-17-18-19-20-21-23-24-26-28-30-32-34-41(44)48-38-40(39-50-52(46,47)49-37-36-43)51-42(45)35-33-31-29-27-25-22-16-14-12-10-8-6-4-2/h6,8,10,12,14,16,20-22,25,27,29,40H,3-5,7,9,11,13,15,17-19,23-24,26,28,30-39,43H2,1-2H3,(H,46,47)/b8-6+,12-10+,16-14+,21-20+,25-22+,29-27+. The lowest BCUT2D eigenvalue weighted by Gasteiger charge is -2.19. The molecule has 0 aliphatic carbocycles. The van der Waals surface area contributed by atoms with Crippen LogP contribution in [0.25, 0.3) is 0 Å². The van der Waals surface area contributed by atoms with Crippen LogP contribution < -0.4 is 5.73 Å². The number of rotatable bonds is 36. The SMILES string of the molecule is CC/C=C/C=C/C=C/C=C/C=C/CCCC(=O)OC(COC(=O)CCCCCCC/C=C/CCCCCCCCCCC)COP(=O)(O)OCCN. The van der Waals surface area contributed by atoms with E-state index in [1.807, 2.05) is 54.7 Å². The van der Waals surface area contributed by atoms with E-state index in [0.29, 0.717) is 19.3 Å². The zero-order valence-corrected chi connectivity index (χ0v) is 33.4. The summed E-state index contributed by atoms with van der Waals surface area (Å²) < 4.78 is 32.6. The molecule has 0 aliphatic heterocycles. The second-order valence-electron chi connectivity index (χ2n) is 12.9. The first kappa shape index (κ1) is 49.5. The molecule has 10 heteroatoms. The summed E-state index contributed by atoms with van der Waals surface area (Å²) in [4.78, 5) is 34.7. The van der Waals surface area contributed by atoms with Gasteiger partial charge in [0.05, 0.1) is 13.2 Å². The molecule has 9 nitrogen and oxygen atoms in total. The van der Waals surface area contributed by atoms with Crippen LogP contribution in [0.15, 0.2) is 72.9 Å². The third-order valence-electron chi connectivity index (χ3n) is 7.95. The van der Waals surface area contributed by atoms with Crippen LogP contribution in [-0.2, 0) is 32.7 Å². The Labute approximate surface area is 316 Å². The van der Waals surface area contributed by atoms with Crippen molar-refractivity contribution >= 4 is 19.8 Å². The number of hydrogen-bond donors (Lipinski definition) is 2. The van der Waals surface area contributed by atoms with Crippen LogP contribution in [0, 0.1) is 0 Å². The topological polar surface area (TPSA) is 134 Å². The van der Waals surface area contributed by atoms with Crippen molar-refractivity contribution in [3.8, 4) is 0 Å². The average molecular weight is 750 g/mol. The van der Waals surface area contributed by atoms with Crippen molar-refractivity contribution in [1.29, 1.82) is 0 Å². The lowest BCUT2D eigenvalue weighted by Crippen LogP contribution is -2.29. The number of ether oxygens (including phenoxy) is 2. The molecule has 0 aromatic rings. The summed E-state index contributed by atoms with van der Waals surface area (Å²) >= 11 is 0. The number of phosphoric acid groups is 1. The molecular weight excluding hydrogens is 677 g/mol. The zero-order chi connectivity index (χ0) is 38.2. The van der Waals surface area contributed by atoms with Gasteiger partial charge in [-0.25, -0.2) is 4.57 Å². The molecule has 0 aromatic heterocycles. The quantitative estimate of drug-likeness (QED) is 0.0211. The summed E-state index contributed by atoms with van der Waals surface area (Å²) in [5.74, 6) is -0.932. The van der Waals surface area contributed by atoms with Crippen LogP contribution >= 0.6 is 7.82 Å². The van der Waals surface area contributed by atoms with Crippen molar-refractivity contribution in [3.05, 3.63) is 72.9 Å². The fourth-order valence-electron chi connectivity index (χ4n) is 5.01. The van der Waals surface area contributed by atoms with Gasteiger partial charge < -0.3 is 20.1 Å². The first-order chi connectivity index (χ1) is 25.3. The van der Waals surface area contributed by atoms with Gasteiger partial charge in [-0.3, -0.25) is 18.6 Å². The van der Waals surface area contributed by atoms with Crippen LogP contribution in [0.1, 0.15) is 149 Å². The van der Waals surface area contributed by atoms with E-state index in [-0.39, 0.29) is 32.6 Å². The lowest BCUT2D eigenvalue weighted by molar-refractivity contribution is -0.161. The van der Waals surface area contributed by atoms with E-state index in [1.165, 1.54) is 64.2 Å². The second kappa shape index (κ2) is 38.2. The van der Waals surface area contributed by atoms with Gasteiger partial charge in [0, 0.05) is 19.4 Å². The van der Waals surface area contributed by atoms with Gasteiger partial charge in [0.2, 0.25) is 0 Å². The van der Waals surface area contributed by atoms with Crippen LogP contribution in [0.2, 0.25) is 0 Å². The number of carbonyl (C=O) groups is 2. The van der Waals surface area contributed by atoms with Gasteiger partial charge in [-0.15, -0.1) is 0 Å². The summed E-state index contributed by atoms with van der Waals surface area (Å²) in [6, 6.07) is 0. The van der Waals surface area contributed by atoms with E-state index in [2.05, 4.69) is 32.1 Å². The molecule has 0 fully saturated rings. The number of carbonyl (C=O) groups excluding carboxylic acids is 2.